The summed E-state index contributed by atoms with van der Waals surface area (Å²) in [5.74, 6) is -0.278. The van der Waals surface area contributed by atoms with E-state index in [2.05, 4.69) is 10.6 Å². The molecule has 1 aliphatic rings. The van der Waals surface area contributed by atoms with Crippen molar-refractivity contribution >= 4 is 23.9 Å². The summed E-state index contributed by atoms with van der Waals surface area (Å²) in [7, 11) is 1.59. The van der Waals surface area contributed by atoms with Gasteiger partial charge >= 0.3 is 5.97 Å². The van der Waals surface area contributed by atoms with E-state index in [-0.39, 0.29) is 24.3 Å². The van der Waals surface area contributed by atoms with Gasteiger partial charge in [-0.2, -0.15) is 0 Å². The van der Waals surface area contributed by atoms with Gasteiger partial charge in [-0.3, -0.25) is 9.59 Å². The highest BCUT2D eigenvalue weighted by atomic mass is 16.5. The highest BCUT2D eigenvalue weighted by molar-refractivity contribution is 5.92. The van der Waals surface area contributed by atoms with E-state index >= 15 is 0 Å². The average molecular weight is 386 g/mol. The second-order valence-corrected chi connectivity index (χ2v) is 6.35. The zero-order chi connectivity index (χ0) is 20.4. The lowest BCUT2D eigenvalue weighted by Crippen LogP contribution is -2.35. The quantitative estimate of drug-likeness (QED) is 0.499. The van der Waals surface area contributed by atoms with Crippen LogP contribution in [0.5, 0.6) is 5.75 Å². The van der Waals surface area contributed by atoms with E-state index in [0.717, 1.165) is 11.3 Å². The van der Waals surface area contributed by atoms with Crippen molar-refractivity contribution in [1.29, 1.82) is 0 Å². The Kier molecular flexibility index (Phi) is 8.27. The molecule has 1 fully saturated rings. The minimum atomic E-state index is -0.480. The normalized spacial score (nSPS) is 17.5. The summed E-state index contributed by atoms with van der Waals surface area (Å²) < 4.78 is 9.97. The van der Waals surface area contributed by atoms with Crippen LogP contribution in [0.15, 0.2) is 42.5 Å². The van der Waals surface area contributed by atoms with Crippen LogP contribution in [0.1, 0.15) is 25.3 Å². The Morgan fingerprint density at radius 1 is 1.29 bits per heavy atom. The van der Waals surface area contributed by atoms with Crippen LogP contribution in [0.25, 0.3) is 6.08 Å². The van der Waals surface area contributed by atoms with Crippen molar-refractivity contribution in [3.63, 3.8) is 0 Å². The first kappa shape index (κ1) is 21.2. The molecule has 2 unspecified atom stereocenters. The van der Waals surface area contributed by atoms with Gasteiger partial charge in [0.1, 0.15) is 5.75 Å². The minimum Gasteiger partial charge on any atom is -0.497 e. The maximum atomic E-state index is 12.3. The zero-order valence-corrected chi connectivity index (χ0v) is 16.1. The van der Waals surface area contributed by atoms with Crippen LogP contribution in [0.2, 0.25) is 0 Å². The number of amides is 2. The molecule has 1 saturated heterocycles. The van der Waals surface area contributed by atoms with Crippen molar-refractivity contribution in [1.82, 2.24) is 10.6 Å². The molecule has 0 saturated carbocycles. The van der Waals surface area contributed by atoms with Crippen molar-refractivity contribution in [2.24, 2.45) is 5.92 Å². The molecule has 2 atom stereocenters. The number of carbonyl (C=O) groups is 3. The summed E-state index contributed by atoms with van der Waals surface area (Å²) in [6.45, 7) is 2.62. The number of rotatable bonds is 9. The summed E-state index contributed by atoms with van der Waals surface area (Å²) in [6, 6.07) is 6.83. The van der Waals surface area contributed by atoms with E-state index in [1.165, 1.54) is 12.2 Å². The van der Waals surface area contributed by atoms with Gasteiger partial charge in [0.05, 0.1) is 13.7 Å². The number of hydrogen-bond acceptors (Lipinski definition) is 5. The van der Waals surface area contributed by atoms with Gasteiger partial charge < -0.3 is 20.1 Å². The highest BCUT2D eigenvalue weighted by Gasteiger charge is 2.26. The summed E-state index contributed by atoms with van der Waals surface area (Å²) in [5.41, 5.74) is 0.852. The van der Waals surface area contributed by atoms with E-state index in [1.807, 2.05) is 12.1 Å². The van der Waals surface area contributed by atoms with E-state index in [1.54, 1.807) is 38.3 Å². The zero-order valence-electron chi connectivity index (χ0n) is 16.1. The molecule has 7 nitrogen and oxygen atoms in total. The molecule has 1 aromatic rings. The topological polar surface area (TPSA) is 93.7 Å². The second kappa shape index (κ2) is 10.9. The van der Waals surface area contributed by atoms with Gasteiger partial charge in [-0.1, -0.05) is 18.2 Å². The summed E-state index contributed by atoms with van der Waals surface area (Å²) in [4.78, 5) is 35.7. The molecule has 1 aliphatic heterocycles. The lowest BCUT2D eigenvalue weighted by molar-refractivity contribution is -0.137. The lowest BCUT2D eigenvalue weighted by atomic mass is 9.98. The second-order valence-electron chi connectivity index (χ2n) is 6.35. The van der Waals surface area contributed by atoms with Gasteiger partial charge in [0.2, 0.25) is 11.8 Å². The Morgan fingerprint density at radius 2 is 2.04 bits per heavy atom. The number of carbonyl (C=O) groups excluding carboxylic acids is 3. The van der Waals surface area contributed by atoms with Crippen molar-refractivity contribution in [3.05, 3.63) is 48.1 Å². The maximum Gasteiger partial charge on any atom is 0.330 e. The van der Waals surface area contributed by atoms with Crippen LogP contribution in [0.3, 0.4) is 0 Å². The Labute approximate surface area is 164 Å². The molecule has 1 aromatic carbocycles. The van der Waals surface area contributed by atoms with E-state index in [0.29, 0.717) is 19.4 Å². The Balaban J connectivity index is 1.99. The lowest BCUT2D eigenvalue weighted by Gasteiger charge is -2.17. The summed E-state index contributed by atoms with van der Waals surface area (Å²) >= 11 is 0. The van der Waals surface area contributed by atoms with Crippen LogP contribution in [-0.2, 0) is 19.1 Å². The molecular formula is C21H26N2O5. The van der Waals surface area contributed by atoms with Crippen LogP contribution >= 0.6 is 0 Å². The van der Waals surface area contributed by atoms with E-state index in [9.17, 15) is 14.4 Å². The third-order valence-corrected chi connectivity index (χ3v) is 4.32. The molecule has 2 rings (SSSR count). The van der Waals surface area contributed by atoms with Gasteiger partial charge in [0.15, 0.2) is 0 Å². The fourth-order valence-electron chi connectivity index (χ4n) is 2.86. The Hall–Kier alpha value is -3.09. The molecule has 0 radical (unpaired) electrons. The minimum absolute atomic E-state index is 0.0300. The fraction of sp³-hybridized carbons (Fsp3) is 0.381. The summed E-state index contributed by atoms with van der Waals surface area (Å²) in [5, 5.41) is 5.61. The first-order valence-corrected chi connectivity index (χ1v) is 9.27. The standard InChI is InChI=1S/C21H26N2O5/c1-3-28-20(25)11-7-17(14-16-12-13-22-21(16)26)23-19(24)10-6-15-4-8-18(27-2)9-5-15/h4-11,16-17H,3,12-14H2,1-2H3,(H,22,26)(H,23,24)/b10-6+,11-7+. The number of nitrogens with one attached hydrogen (secondary N) is 2. The molecule has 1 heterocycles. The van der Waals surface area contributed by atoms with Gasteiger partial charge in [0, 0.05) is 30.7 Å². The number of methoxy groups -OCH3 is 1. The first-order chi connectivity index (χ1) is 13.5. The Morgan fingerprint density at radius 3 is 2.64 bits per heavy atom. The predicted molar refractivity (Wildman–Crippen MR) is 105 cm³/mol. The van der Waals surface area contributed by atoms with Gasteiger partial charge in [-0.05, 0) is 43.5 Å². The van der Waals surface area contributed by atoms with Gasteiger partial charge in [0.25, 0.3) is 0 Å². The van der Waals surface area contributed by atoms with Crippen LogP contribution in [0, 0.1) is 5.92 Å². The van der Waals surface area contributed by atoms with Crippen LogP contribution in [-0.4, -0.2) is 44.1 Å². The van der Waals surface area contributed by atoms with E-state index in [4.69, 9.17) is 9.47 Å². The molecular weight excluding hydrogens is 360 g/mol. The third kappa shape index (κ3) is 6.90. The predicted octanol–water partition coefficient (Wildman–Crippen LogP) is 1.84. The Bertz CT molecular complexity index is 740. The number of benzene rings is 1. The molecule has 7 heteroatoms. The van der Waals surface area contributed by atoms with Gasteiger partial charge in [-0.15, -0.1) is 0 Å². The average Bonchev–Trinajstić information content (AvgIpc) is 3.09. The van der Waals surface area contributed by atoms with Crippen molar-refractivity contribution in [3.8, 4) is 5.75 Å². The largest absolute Gasteiger partial charge is 0.497 e. The van der Waals surface area contributed by atoms with Crippen LogP contribution < -0.4 is 15.4 Å². The number of ether oxygens (including phenoxy) is 2. The number of hydrogen-bond donors (Lipinski definition) is 2. The molecule has 28 heavy (non-hydrogen) atoms. The highest BCUT2D eigenvalue weighted by Crippen LogP contribution is 2.17. The van der Waals surface area contributed by atoms with Crippen LogP contribution in [0.4, 0.5) is 0 Å². The van der Waals surface area contributed by atoms with Crippen molar-refractivity contribution < 1.29 is 23.9 Å². The molecule has 2 amide bonds. The first-order valence-electron chi connectivity index (χ1n) is 9.27. The molecule has 0 bridgehead atoms. The maximum absolute atomic E-state index is 12.3. The molecule has 0 spiro atoms. The van der Waals surface area contributed by atoms with Gasteiger partial charge in [-0.25, -0.2) is 4.79 Å². The smallest absolute Gasteiger partial charge is 0.330 e. The third-order valence-electron chi connectivity index (χ3n) is 4.32. The SMILES string of the molecule is CCOC(=O)/C=C/C(CC1CCNC1=O)NC(=O)/C=C/c1ccc(OC)cc1. The molecule has 2 N–H and O–H groups in total. The van der Waals surface area contributed by atoms with Crippen molar-refractivity contribution in [2.45, 2.75) is 25.8 Å². The molecule has 0 aromatic heterocycles. The summed E-state index contributed by atoms with van der Waals surface area (Å²) in [6.07, 6.45) is 7.09. The molecule has 0 aliphatic carbocycles. The molecule has 150 valence electrons. The van der Waals surface area contributed by atoms with Crippen molar-refractivity contribution in [2.75, 3.05) is 20.3 Å². The monoisotopic (exact) mass is 386 g/mol. The van der Waals surface area contributed by atoms with E-state index < -0.39 is 12.0 Å². The fourth-order valence-corrected chi connectivity index (χ4v) is 2.86. The number of esters is 1.